The molecule has 0 aromatic heterocycles. The maximum Gasteiger partial charge on any atom is 0.268 e. The van der Waals surface area contributed by atoms with E-state index in [0.29, 0.717) is 12.0 Å². The minimum absolute atomic E-state index is 0.272. The van der Waals surface area contributed by atoms with Gasteiger partial charge in [-0.3, -0.25) is 9.59 Å². The van der Waals surface area contributed by atoms with Gasteiger partial charge in [-0.05, 0) is 12.8 Å². The molecule has 1 rings (SSSR count). The summed E-state index contributed by atoms with van der Waals surface area (Å²) in [6.07, 6.45) is 2.62. The van der Waals surface area contributed by atoms with Gasteiger partial charge >= 0.3 is 0 Å². The molecule has 0 atom stereocenters. The predicted molar refractivity (Wildman–Crippen MR) is 46.5 cm³/mol. The monoisotopic (exact) mass is 168 g/mol. The summed E-state index contributed by atoms with van der Waals surface area (Å²) in [4.78, 5) is 21.8. The molecule has 1 aromatic rings. The highest BCUT2D eigenvalue weighted by Gasteiger charge is 2.20. The largest absolute Gasteiger partial charge is 0.492 e. The third kappa shape index (κ3) is 1.26. The normalized spacial score (nSPS) is 10.5. The van der Waals surface area contributed by atoms with Crippen LogP contribution in [0.3, 0.4) is 0 Å². The Balaban J connectivity index is 2.79. The predicted octanol–water partition coefficient (Wildman–Crippen LogP) is 0.634. The second kappa shape index (κ2) is 3.52. The zero-order chi connectivity index (χ0) is 9.14. The van der Waals surface area contributed by atoms with Crippen LogP contribution in [0, 0.1) is 0 Å². The van der Waals surface area contributed by atoms with Gasteiger partial charge in [0, 0.05) is 5.56 Å². The third-order valence-electron chi connectivity index (χ3n) is 1.95. The molecule has 0 saturated carbocycles. The van der Waals surface area contributed by atoms with Gasteiger partial charge in [-0.15, -0.1) is 0 Å². The van der Waals surface area contributed by atoms with Crippen molar-refractivity contribution in [3.05, 3.63) is 26.0 Å². The summed E-state index contributed by atoms with van der Waals surface area (Å²) in [7, 11) is 1.42. The Morgan fingerprint density at radius 1 is 1.25 bits per heavy atom. The molecule has 1 aromatic carbocycles. The van der Waals surface area contributed by atoms with Crippen molar-refractivity contribution in [3.63, 3.8) is 0 Å². The standard InChI is InChI=1S/C9H12O3/c1-3-4-5-6-7(10)8(11)9(6)12-2/h3-5H2,1-2H3. The number of hydrogen-bond donors (Lipinski definition) is 0. The van der Waals surface area contributed by atoms with Crippen LogP contribution in [0.15, 0.2) is 9.59 Å². The van der Waals surface area contributed by atoms with Gasteiger partial charge in [0.15, 0.2) is 5.75 Å². The molecule has 0 unspecified atom stereocenters. The summed E-state index contributed by atoms with van der Waals surface area (Å²) in [5.74, 6) is 0.272. The number of hydrogen-bond acceptors (Lipinski definition) is 3. The molecule has 12 heavy (non-hydrogen) atoms. The highest BCUT2D eigenvalue weighted by Crippen LogP contribution is 2.12. The van der Waals surface area contributed by atoms with Gasteiger partial charge in [-0.2, -0.15) is 0 Å². The number of methoxy groups -OCH3 is 1. The number of unbranched alkanes of at least 4 members (excludes halogenated alkanes) is 1. The summed E-state index contributed by atoms with van der Waals surface area (Å²) in [6, 6.07) is 0. The van der Waals surface area contributed by atoms with Crippen molar-refractivity contribution < 1.29 is 4.74 Å². The van der Waals surface area contributed by atoms with Crippen LogP contribution in [-0.4, -0.2) is 7.11 Å². The van der Waals surface area contributed by atoms with Crippen LogP contribution in [0.4, 0.5) is 0 Å². The molecule has 3 nitrogen and oxygen atoms in total. The van der Waals surface area contributed by atoms with Crippen LogP contribution < -0.4 is 15.6 Å². The Morgan fingerprint density at radius 3 is 2.42 bits per heavy atom. The van der Waals surface area contributed by atoms with Crippen molar-refractivity contribution in [2.24, 2.45) is 0 Å². The Hall–Kier alpha value is -1.12. The first-order valence-corrected chi connectivity index (χ1v) is 4.08. The molecule has 0 heterocycles. The van der Waals surface area contributed by atoms with Gasteiger partial charge in [-0.25, -0.2) is 0 Å². The van der Waals surface area contributed by atoms with E-state index in [0.717, 1.165) is 12.8 Å². The second-order valence-electron chi connectivity index (χ2n) is 2.77. The lowest BCUT2D eigenvalue weighted by Gasteiger charge is -2.07. The molecule has 0 fully saturated rings. The summed E-state index contributed by atoms with van der Waals surface area (Å²) in [5, 5.41) is 0. The molecule has 0 aliphatic heterocycles. The van der Waals surface area contributed by atoms with Crippen LogP contribution >= 0.6 is 0 Å². The minimum atomic E-state index is -0.469. The van der Waals surface area contributed by atoms with Gasteiger partial charge in [-0.1, -0.05) is 13.3 Å². The van der Waals surface area contributed by atoms with E-state index in [-0.39, 0.29) is 11.2 Å². The van der Waals surface area contributed by atoms with Crippen molar-refractivity contribution in [1.29, 1.82) is 0 Å². The zero-order valence-corrected chi connectivity index (χ0v) is 7.35. The van der Waals surface area contributed by atoms with E-state index in [2.05, 4.69) is 0 Å². The molecule has 0 radical (unpaired) electrons. The number of ether oxygens (including phenoxy) is 1. The third-order valence-corrected chi connectivity index (χ3v) is 1.95. The van der Waals surface area contributed by atoms with Gasteiger partial charge in [0.1, 0.15) is 0 Å². The highest BCUT2D eigenvalue weighted by molar-refractivity contribution is 5.39. The smallest absolute Gasteiger partial charge is 0.268 e. The fourth-order valence-electron chi connectivity index (χ4n) is 1.21. The van der Waals surface area contributed by atoms with Crippen LogP contribution in [-0.2, 0) is 6.42 Å². The Bertz CT molecular complexity index is 331. The highest BCUT2D eigenvalue weighted by atomic mass is 16.5. The van der Waals surface area contributed by atoms with E-state index in [1.165, 1.54) is 7.11 Å². The molecule has 0 amide bonds. The lowest BCUT2D eigenvalue weighted by molar-refractivity contribution is 0.398. The molecule has 0 N–H and O–H groups in total. The minimum Gasteiger partial charge on any atom is -0.492 e. The van der Waals surface area contributed by atoms with Gasteiger partial charge in [0.05, 0.1) is 7.11 Å². The summed E-state index contributed by atoms with van der Waals surface area (Å²) in [5.41, 5.74) is -0.256. The second-order valence-corrected chi connectivity index (χ2v) is 2.77. The maximum absolute atomic E-state index is 10.9. The van der Waals surface area contributed by atoms with Crippen molar-refractivity contribution >= 4 is 0 Å². The Kier molecular flexibility index (Phi) is 2.63. The van der Waals surface area contributed by atoms with E-state index < -0.39 is 5.43 Å². The average Bonchev–Trinajstić information content (AvgIpc) is 2.10. The molecular weight excluding hydrogens is 156 g/mol. The van der Waals surface area contributed by atoms with E-state index in [4.69, 9.17) is 4.74 Å². The molecule has 0 spiro atoms. The summed E-state index contributed by atoms with van der Waals surface area (Å²) < 4.78 is 4.79. The van der Waals surface area contributed by atoms with E-state index in [9.17, 15) is 9.59 Å². The van der Waals surface area contributed by atoms with E-state index >= 15 is 0 Å². The van der Waals surface area contributed by atoms with Crippen LogP contribution in [0.25, 0.3) is 0 Å². The quantitative estimate of drug-likeness (QED) is 0.619. The first-order valence-electron chi connectivity index (χ1n) is 4.08. The molecule has 0 aliphatic rings. The molecule has 3 heteroatoms. The number of rotatable bonds is 4. The van der Waals surface area contributed by atoms with Crippen molar-refractivity contribution in [1.82, 2.24) is 0 Å². The zero-order valence-electron chi connectivity index (χ0n) is 7.35. The molecule has 0 saturated heterocycles. The average molecular weight is 168 g/mol. The van der Waals surface area contributed by atoms with Gasteiger partial charge in [0.2, 0.25) is 5.43 Å². The molecule has 0 bridgehead atoms. The van der Waals surface area contributed by atoms with E-state index in [1.54, 1.807) is 0 Å². The first kappa shape index (κ1) is 8.97. The molecular formula is C9H12O3. The lowest BCUT2D eigenvalue weighted by atomic mass is 10.0. The van der Waals surface area contributed by atoms with Crippen molar-refractivity contribution in [2.45, 2.75) is 26.2 Å². The fraction of sp³-hybridized carbons (Fsp3) is 0.556. The summed E-state index contributed by atoms with van der Waals surface area (Å²) in [6.45, 7) is 2.04. The maximum atomic E-state index is 10.9. The SMILES string of the molecule is CCCCc1c(OC)c(=O)c1=O. The van der Waals surface area contributed by atoms with Crippen molar-refractivity contribution in [3.8, 4) is 5.75 Å². The first-order chi connectivity index (χ1) is 5.72. The van der Waals surface area contributed by atoms with Gasteiger partial charge in [0.25, 0.3) is 5.43 Å². The summed E-state index contributed by atoms with van der Waals surface area (Å²) >= 11 is 0. The van der Waals surface area contributed by atoms with Crippen LogP contribution in [0.2, 0.25) is 0 Å². The fourth-order valence-corrected chi connectivity index (χ4v) is 1.21. The molecule has 66 valence electrons. The Labute approximate surface area is 70.7 Å². The van der Waals surface area contributed by atoms with E-state index in [1.807, 2.05) is 6.92 Å². The molecule has 0 aliphatic carbocycles. The Morgan fingerprint density at radius 2 is 1.92 bits per heavy atom. The topological polar surface area (TPSA) is 43.4 Å². The lowest BCUT2D eigenvalue weighted by Crippen LogP contribution is -2.36. The van der Waals surface area contributed by atoms with Crippen molar-refractivity contribution in [2.75, 3.05) is 7.11 Å². The van der Waals surface area contributed by atoms with Crippen LogP contribution in [0.5, 0.6) is 5.75 Å². The van der Waals surface area contributed by atoms with Gasteiger partial charge < -0.3 is 4.74 Å². The van der Waals surface area contributed by atoms with Crippen LogP contribution in [0.1, 0.15) is 25.3 Å².